The molecule has 4 N–H and O–H groups in total. The Morgan fingerprint density at radius 2 is 1.84 bits per heavy atom. The first kappa shape index (κ1) is 34.0. The van der Waals surface area contributed by atoms with Crippen molar-refractivity contribution in [3.8, 4) is 16.8 Å². The van der Waals surface area contributed by atoms with Crippen LogP contribution in [0.15, 0.2) is 78.1 Å². The van der Waals surface area contributed by atoms with E-state index >= 15 is 0 Å². The minimum atomic E-state index is -4.17. The number of nitrogens with zero attached hydrogens (tertiary/aromatic N) is 6. The number of fused-ring (bicyclic) bond motifs is 2. The van der Waals surface area contributed by atoms with E-state index < -0.39 is 30.1 Å². The van der Waals surface area contributed by atoms with Crippen molar-refractivity contribution in [2.24, 2.45) is 5.14 Å². The van der Waals surface area contributed by atoms with Crippen molar-refractivity contribution >= 4 is 46.3 Å². The van der Waals surface area contributed by atoms with E-state index in [0.717, 1.165) is 17.7 Å². The first-order chi connectivity index (χ1) is 23.2. The van der Waals surface area contributed by atoms with Crippen LogP contribution in [-0.4, -0.2) is 51.8 Å². The second-order valence-electron chi connectivity index (χ2n) is 13.1. The van der Waals surface area contributed by atoms with E-state index in [9.17, 15) is 17.6 Å². The van der Waals surface area contributed by atoms with Crippen molar-refractivity contribution in [3.05, 3.63) is 101 Å². The molecule has 0 radical (unpaired) electrons. The molecule has 49 heavy (non-hydrogen) atoms. The van der Waals surface area contributed by atoms with Crippen LogP contribution in [0.3, 0.4) is 0 Å². The number of benzene rings is 2. The monoisotopic (exact) mass is 703 g/mol. The fraction of sp³-hybridized carbons (Fsp3) is 0.273. The normalized spacial score (nSPS) is 12.9. The summed E-state index contributed by atoms with van der Waals surface area (Å²) >= 11 is 0. The fourth-order valence-corrected chi connectivity index (χ4v) is 6.87. The van der Waals surface area contributed by atoms with E-state index in [1.165, 1.54) is 18.5 Å². The maximum absolute atomic E-state index is 15.0. The Morgan fingerprint density at radius 1 is 1.08 bits per heavy atom. The summed E-state index contributed by atoms with van der Waals surface area (Å²) in [5, 5.41) is 14.0. The zero-order valence-corrected chi connectivity index (χ0v) is 29.6. The largest absolute Gasteiger partial charge is 0.361 e. The van der Waals surface area contributed by atoms with E-state index in [1.807, 2.05) is 50.2 Å². The quantitative estimate of drug-likeness (QED) is 0.112. The minimum absolute atomic E-state index is 0.0455. The number of aromatic nitrogens is 6. The predicted molar refractivity (Wildman–Crippen MR) is 191 cm³/mol. The zero-order chi connectivity index (χ0) is 35.1. The number of para-hydroxylation sites is 1. The van der Waals surface area contributed by atoms with E-state index in [0.29, 0.717) is 51.6 Å². The van der Waals surface area contributed by atoms with Crippen LogP contribution < -0.4 is 20.7 Å². The van der Waals surface area contributed by atoms with Crippen LogP contribution in [-0.2, 0) is 21.7 Å². The second-order valence-corrected chi connectivity index (χ2v) is 20.1. The fourth-order valence-electron chi connectivity index (χ4n) is 5.67. The molecule has 0 saturated carbocycles. The van der Waals surface area contributed by atoms with Gasteiger partial charge >= 0.3 is 0 Å². The molecule has 0 amide bonds. The number of hydrogen-bond donors (Lipinski definition) is 3. The number of nitrogens with one attached hydrogen (secondary N) is 2. The van der Waals surface area contributed by atoms with Gasteiger partial charge in [-0.25, -0.2) is 24.0 Å². The highest BCUT2D eigenvalue weighted by Crippen LogP contribution is 2.37. The summed E-state index contributed by atoms with van der Waals surface area (Å²) in [4.78, 5) is 23.1. The van der Waals surface area contributed by atoms with Gasteiger partial charge in [0, 0.05) is 32.6 Å². The van der Waals surface area contributed by atoms with Gasteiger partial charge in [-0.1, -0.05) is 37.8 Å². The van der Waals surface area contributed by atoms with Gasteiger partial charge in [-0.2, -0.15) is 13.5 Å². The molecular weight excluding hydrogens is 666 g/mol. The van der Waals surface area contributed by atoms with Gasteiger partial charge in [0.1, 0.15) is 35.9 Å². The van der Waals surface area contributed by atoms with Crippen LogP contribution in [0.4, 0.5) is 15.9 Å². The number of aryl methyl sites for hydroxylation is 1. The molecule has 16 heteroatoms. The van der Waals surface area contributed by atoms with Crippen molar-refractivity contribution in [1.82, 2.24) is 28.7 Å². The Kier molecular flexibility index (Phi) is 9.15. The van der Waals surface area contributed by atoms with Crippen LogP contribution in [0.2, 0.25) is 25.7 Å². The van der Waals surface area contributed by atoms with Gasteiger partial charge in [0.15, 0.2) is 5.82 Å². The molecule has 4 aromatic heterocycles. The molecule has 0 bridgehead atoms. The molecule has 0 aliphatic carbocycles. The molecule has 6 rings (SSSR count). The third-order valence-corrected chi connectivity index (χ3v) is 10.2. The standard InChI is InChI=1S/C33H38FN9O4SSi/c1-21-11-12-42-29(21)33(44)43(26-9-7-6-8-10-26)31(39-42)22(2)38-30-28-27(23-15-24(34)17-25(16-23)40-48(35,45)46)18-41(32(28)37-19-36-30)20-47-13-14-49(3,4)5/h6-12,15-19,22,40H,13-14,20H2,1-5H3,(H2,35,45,46)(H,36,37,38)/t22-/m0/s1. The Bertz CT molecular complexity index is 2330. The smallest absolute Gasteiger partial charge is 0.296 e. The van der Waals surface area contributed by atoms with E-state index in [-0.39, 0.29) is 18.0 Å². The summed E-state index contributed by atoms with van der Waals surface area (Å²) in [5.41, 5.74) is 3.02. The van der Waals surface area contributed by atoms with Crippen molar-refractivity contribution in [2.75, 3.05) is 16.6 Å². The molecule has 0 spiro atoms. The number of halogens is 1. The Hall–Kier alpha value is -4.90. The highest BCUT2D eigenvalue weighted by atomic mass is 32.2. The van der Waals surface area contributed by atoms with Gasteiger partial charge in [0.05, 0.1) is 22.8 Å². The Morgan fingerprint density at radius 3 is 2.55 bits per heavy atom. The van der Waals surface area contributed by atoms with Crippen molar-refractivity contribution in [2.45, 2.75) is 52.3 Å². The molecular formula is C33H38FN9O4SSi. The third-order valence-electron chi connectivity index (χ3n) is 8.02. The van der Waals surface area contributed by atoms with Gasteiger partial charge in [-0.15, -0.1) is 0 Å². The number of hydrogen-bond acceptors (Lipinski definition) is 8. The summed E-state index contributed by atoms with van der Waals surface area (Å²) < 4.78 is 51.7. The summed E-state index contributed by atoms with van der Waals surface area (Å²) in [6.45, 7) is 11.3. The van der Waals surface area contributed by atoms with E-state index in [4.69, 9.17) is 15.0 Å². The Balaban J connectivity index is 1.48. The number of nitrogens with two attached hydrogens (primary N) is 1. The van der Waals surface area contributed by atoms with Crippen LogP contribution >= 0.6 is 0 Å². The average Bonchev–Trinajstić information content (AvgIpc) is 3.59. The second kappa shape index (κ2) is 13.2. The van der Waals surface area contributed by atoms with Crippen LogP contribution in [0.25, 0.3) is 33.4 Å². The highest BCUT2D eigenvalue weighted by molar-refractivity contribution is 7.90. The van der Waals surface area contributed by atoms with Crippen LogP contribution in [0.1, 0.15) is 24.4 Å². The van der Waals surface area contributed by atoms with Crippen molar-refractivity contribution in [3.63, 3.8) is 0 Å². The third kappa shape index (κ3) is 7.41. The topological polar surface area (TPSA) is 163 Å². The average molecular weight is 704 g/mol. The van der Waals surface area contributed by atoms with Gasteiger partial charge in [-0.3, -0.25) is 14.1 Å². The molecule has 0 aliphatic rings. The lowest BCUT2D eigenvalue weighted by Crippen LogP contribution is -2.29. The summed E-state index contributed by atoms with van der Waals surface area (Å²) in [7, 11) is -5.52. The van der Waals surface area contributed by atoms with Gasteiger partial charge in [-0.05, 0) is 67.4 Å². The Labute approximate surface area is 283 Å². The number of anilines is 2. The first-order valence-corrected chi connectivity index (χ1v) is 20.9. The number of ether oxygens (including phenoxy) is 1. The summed E-state index contributed by atoms with van der Waals surface area (Å²) in [5.74, 6) is 0.130. The molecule has 0 fully saturated rings. The lowest BCUT2D eigenvalue weighted by atomic mass is 10.0. The predicted octanol–water partition coefficient (Wildman–Crippen LogP) is 5.45. The lowest BCUT2D eigenvalue weighted by Gasteiger charge is -2.20. The van der Waals surface area contributed by atoms with Crippen molar-refractivity contribution in [1.29, 1.82) is 0 Å². The SMILES string of the molecule is Cc1ccn2nc([C@H](C)Nc3ncnc4c3c(-c3cc(F)cc(NS(N)(=O)=O)c3)cn4COCC[Si](C)(C)C)n(-c3ccccc3)c(=O)c12. The first-order valence-electron chi connectivity index (χ1n) is 15.6. The van der Waals surface area contributed by atoms with Gasteiger partial charge in [0.25, 0.3) is 15.8 Å². The van der Waals surface area contributed by atoms with Crippen LogP contribution in [0, 0.1) is 12.7 Å². The highest BCUT2D eigenvalue weighted by Gasteiger charge is 2.24. The van der Waals surface area contributed by atoms with Crippen LogP contribution in [0.5, 0.6) is 0 Å². The molecule has 13 nitrogen and oxygen atoms in total. The molecule has 1 atom stereocenters. The molecule has 0 aliphatic heterocycles. The molecule has 0 saturated heterocycles. The molecule has 6 aromatic rings. The summed E-state index contributed by atoms with van der Waals surface area (Å²) in [6, 6.07) is 15.3. The molecule has 0 unspecified atom stereocenters. The lowest BCUT2D eigenvalue weighted by molar-refractivity contribution is 0.0899. The summed E-state index contributed by atoms with van der Waals surface area (Å²) in [6.07, 6.45) is 4.93. The van der Waals surface area contributed by atoms with Gasteiger partial charge < -0.3 is 14.6 Å². The van der Waals surface area contributed by atoms with Crippen molar-refractivity contribution < 1.29 is 17.5 Å². The maximum Gasteiger partial charge on any atom is 0.296 e. The van der Waals surface area contributed by atoms with Gasteiger partial charge in [0.2, 0.25) is 0 Å². The number of rotatable bonds is 12. The maximum atomic E-state index is 15.0. The molecule has 2 aromatic carbocycles. The zero-order valence-electron chi connectivity index (χ0n) is 27.8. The van der Waals surface area contributed by atoms with E-state index in [1.54, 1.807) is 26.0 Å². The van der Waals surface area contributed by atoms with E-state index in [2.05, 4.69) is 39.6 Å². The molecule has 4 heterocycles. The minimum Gasteiger partial charge on any atom is -0.361 e. The molecule has 256 valence electrons.